The van der Waals surface area contributed by atoms with Crippen molar-refractivity contribution in [1.82, 2.24) is 5.32 Å². The molecule has 0 rings (SSSR count). The summed E-state index contributed by atoms with van der Waals surface area (Å²) in [6, 6.07) is 0. The molecule has 0 aliphatic rings. The fourth-order valence-electron chi connectivity index (χ4n) is 0.862. The molecule has 0 aliphatic carbocycles. The van der Waals surface area contributed by atoms with Crippen molar-refractivity contribution in [3.8, 4) is 0 Å². The highest BCUT2D eigenvalue weighted by Crippen LogP contribution is 1.87. The number of nitrogens with one attached hydrogen (secondary N) is 1. The van der Waals surface area contributed by atoms with Crippen molar-refractivity contribution in [1.29, 1.82) is 0 Å². The largest absolute Gasteiger partial charge is 0.396 e. The summed E-state index contributed by atoms with van der Waals surface area (Å²) >= 11 is 0. The van der Waals surface area contributed by atoms with Crippen LogP contribution in [0.3, 0.4) is 0 Å². The predicted molar refractivity (Wildman–Crippen MR) is 66.5 cm³/mol. The minimum absolute atomic E-state index is 0.180. The number of sulfone groups is 1. The molecular formula is C10H22N2O3S. The first-order chi connectivity index (χ1) is 7.42. The lowest BCUT2D eigenvalue weighted by atomic mass is 10.3. The van der Waals surface area contributed by atoms with Gasteiger partial charge in [0.15, 0.2) is 0 Å². The summed E-state index contributed by atoms with van der Waals surface area (Å²) in [6.45, 7) is 5.84. The summed E-state index contributed by atoms with van der Waals surface area (Å²) in [6.07, 6.45) is 3.80. The van der Waals surface area contributed by atoms with Gasteiger partial charge < -0.3 is 10.2 Å². The second-order valence-corrected chi connectivity index (χ2v) is 6.32. The molecule has 0 radical (unpaired) electrons. The normalized spacial score (nSPS) is 12.5. The van der Waals surface area contributed by atoms with E-state index in [4.69, 9.17) is 4.84 Å². The molecule has 0 bridgehead atoms. The molecule has 0 saturated heterocycles. The predicted octanol–water partition coefficient (Wildman–Crippen LogP) is 0.669. The Morgan fingerprint density at radius 2 is 2.06 bits per heavy atom. The van der Waals surface area contributed by atoms with Gasteiger partial charge in [0.05, 0.1) is 5.75 Å². The highest BCUT2D eigenvalue weighted by molar-refractivity contribution is 7.90. The van der Waals surface area contributed by atoms with Crippen molar-refractivity contribution in [2.45, 2.75) is 20.3 Å². The molecule has 0 aromatic heterocycles. The maximum Gasteiger partial charge on any atom is 0.148 e. The van der Waals surface area contributed by atoms with Gasteiger partial charge in [-0.2, -0.15) is 0 Å². The minimum atomic E-state index is -2.85. The SMILES string of the molecule is CC(C)/C=N/OCCCNCCS(C)(=O)=O. The topological polar surface area (TPSA) is 67.8 Å². The Morgan fingerprint density at radius 3 is 2.62 bits per heavy atom. The average molecular weight is 250 g/mol. The van der Waals surface area contributed by atoms with Gasteiger partial charge in [0.1, 0.15) is 16.4 Å². The molecule has 96 valence electrons. The maximum absolute atomic E-state index is 10.8. The number of nitrogens with zero attached hydrogens (tertiary/aromatic N) is 1. The number of rotatable bonds is 9. The smallest absolute Gasteiger partial charge is 0.148 e. The molecule has 0 aliphatic heterocycles. The highest BCUT2D eigenvalue weighted by Gasteiger charge is 1.99. The van der Waals surface area contributed by atoms with E-state index in [1.807, 2.05) is 13.8 Å². The van der Waals surface area contributed by atoms with E-state index in [1.165, 1.54) is 6.26 Å². The summed E-state index contributed by atoms with van der Waals surface area (Å²) in [4.78, 5) is 5.00. The summed E-state index contributed by atoms with van der Waals surface area (Å²) in [7, 11) is -2.85. The molecule has 0 amide bonds. The summed E-state index contributed by atoms with van der Waals surface area (Å²) in [5.74, 6) is 0.576. The number of oxime groups is 1. The molecule has 0 aromatic carbocycles. The fraction of sp³-hybridized carbons (Fsp3) is 0.900. The van der Waals surface area contributed by atoms with Crippen molar-refractivity contribution < 1.29 is 13.3 Å². The molecule has 5 nitrogen and oxygen atoms in total. The first-order valence-electron chi connectivity index (χ1n) is 5.45. The van der Waals surface area contributed by atoms with Crippen LogP contribution in [-0.2, 0) is 14.7 Å². The zero-order valence-electron chi connectivity index (χ0n) is 10.3. The molecule has 0 spiro atoms. The monoisotopic (exact) mass is 250 g/mol. The van der Waals surface area contributed by atoms with E-state index in [1.54, 1.807) is 6.21 Å². The summed E-state index contributed by atoms with van der Waals surface area (Å²) < 4.78 is 21.6. The zero-order chi connectivity index (χ0) is 12.4. The van der Waals surface area contributed by atoms with E-state index >= 15 is 0 Å². The lowest BCUT2D eigenvalue weighted by molar-refractivity contribution is 0.142. The molecule has 0 atom stereocenters. The standard InChI is InChI=1S/C10H22N2O3S/c1-10(2)9-12-15-7-4-5-11-6-8-16(3,13)14/h9-11H,4-8H2,1-3H3/b12-9+. The minimum Gasteiger partial charge on any atom is -0.396 e. The van der Waals surface area contributed by atoms with Crippen molar-refractivity contribution in [2.75, 3.05) is 31.7 Å². The van der Waals surface area contributed by atoms with Gasteiger partial charge >= 0.3 is 0 Å². The fourth-order valence-corrected chi connectivity index (χ4v) is 1.38. The van der Waals surface area contributed by atoms with Crippen LogP contribution in [0.4, 0.5) is 0 Å². The van der Waals surface area contributed by atoms with Gasteiger partial charge in [0.25, 0.3) is 0 Å². The average Bonchev–Trinajstić information content (AvgIpc) is 2.13. The van der Waals surface area contributed by atoms with Crippen molar-refractivity contribution >= 4 is 16.1 Å². The summed E-state index contributed by atoms with van der Waals surface area (Å²) in [5, 5.41) is 6.81. The van der Waals surface area contributed by atoms with Gasteiger partial charge in [-0.1, -0.05) is 19.0 Å². The first kappa shape index (κ1) is 15.4. The van der Waals surface area contributed by atoms with Crippen LogP contribution in [0.2, 0.25) is 0 Å². The van der Waals surface area contributed by atoms with E-state index in [-0.39, 0.29) is 5.75 Å². The second kappa shape index (κ2) is 8.52. The van der Waals surface area contributed by atoms with Crippen LogP contribution >= 0.6 is 0 Å². The van der Waals surface area contributed by atoms with Gasteiger partial charge in [-0.3, -0.25) is 0 Å². The van der Waals surface area contributed by atoms with Gasteiger partial charge in [-0.25, -0.2) is 8.42 Å². The molecule has 0 aromatic rings. The Morgan fingerprint density at radius 1 is 1.38 bits per heavy atom. The third-order valence-corrected chi connectivity index (χ3v) is 2.62. The third kappa shape index (κ3) is 13.4. The lowest BCUT2D eigenvalue weighted by Crippen LogP contribution is -2.23. The van der Waals surface area contributed by atoms with E-state index in [0.29, 0.717) is 19.1 Å². The van der Waals surface area contributed by atoms with Crippen LogP contribution in [0.5, 0.6) is 0 Å². The third-order valence-electron chi connectivity index (χ3n) is 1.67. The van der Waals surface area contributed by atoms with Gasteiger partial charge in [-0.15, -0.1) is 0 Å². The Kier molecular flexibility index (Phi) is 8.19. The van der Waals surface area contributed by atoms with Gasteiger partial charge in [0, 0.05) is 19.0 Å². The molecule has 6 heteroatoms. The van der Waals surface area contributed by atoms with Crippen LogP contribution in [0.25, 0.3) is 0 Å². The quantitative estimate of drug-likeness (QED) is 0.371. The van der Waals surface area contributed by atoms with Crippen LogP contribution < -0.4 is 5.32 Å². The van der Waals surface area contributed by atoms with Crippen LogP contribution in [0, 0.1) is 5.92 Å². The van der Waals surface area contributed by atoms with Crippen molar-refractivity contribution in [2.24, 2.45) is 11.1 Å². The van der Waals surface area contributed by atoms with Gasteiger partial charge in [0.2, 0.25) is 0 Å². The van der Waals surface area contributed by atoms with Crippen molar-refractivity contribution in [3.63, 3.8) is 0 Å². The molecular weight excluding hydrogens is 228 g/mol. The second-order valence-electron chi connectivity index (χ2n) is 4.07. The molecule has 16 heavy (non-hydrogen) atoms. The Labute approximate surface area is 98.2 Å². The maximum atomic E-state index is 10.8. The van der Waals surface area contributed by atoms with E-state index < -0.39 is 9.84 Å². The zero-order valence-corrected chi connectivity index (χ0v) is 11.1. The van der Waals surface area contributed by atoms with E-state index in [9.17, 15) is 8.42 Å². The molecule has 0 fully saturated rings. The molecule has 0 heterocycles. The molecule has 0 unspecified atom stereocenters. The Hall–Kier alpha value is -0.620. The number of hydrogen-bond acceptors (Lipinski definition) is 5. The van der Waals surface area contributed by atoms with E-state index in [2.05, 4.69) is 10.5 Å². The molecule has 1 N–H and O–H groups in total. The van der Waals surface area contributed by atoms with Crippen LogP contribution in [0.15, 0.2) is 5.16 Å². The highest BCUT2D eigenvalue weighted by atomic mass is 32.2. The Bertz CT molecular complexity index is 286. The lowest BCUT2D eigenvalue weighted by Gasteiger charge is -2.03. The number of hydrogen-bond donors (Lipinski definition) is 1. The first-order valence-corrected chi connectivity index (χ1v) is 7.52. The summed E-state index contributed by atoms with van der Waals surface area (Å²) in [5.41, 5.74) is 0. The van der Waals surface area contributed by atoms with Gasteiger partial charge in [-0.05, 0) is 18.9 Å². The van der Waals surface area contributed by atoms with Crippen molar-refractivity contribution in [3.05, 3.63) is 0 Å². The van der Waals surface area contributed by atoms with Crippen LogP contribution in [-0.4, -0.2) is 46.3 Å². The van der Waals surface area contributed by atoms with E-state index in [0.717, 1.165) is 13.0 Å². The molecule has 0 saturated carbocycles. The Balaban J connectivity index is 3.22. The van der Waals surface area contributed by atoms with Crippen LogP contribution in [0.1, 0.15) is 20.3 Å².